The van der Waals surface area contributed by atoms with E-state index in [0.717, 1.165) is 16.7 Å². The molecule has 4 rings (SSSR count). The van der Waals surface area contributed by atoms with E-state index in [1.165, 1.54) is 6.21 Å². The summed E-state index contributed by atoms with van der Waals surface area (Å²) in [6, 6.07) is 5.82. The summed E-state index contributed by atoms with van der Waals surface area (Å²) >= 11 is 12.2. The smallest absolute Gasteiger partial charge is 0.254 e. The fourth-order valence-corrected chi connectivity index (χ4v) is 3.67. The van der Waals surface area contributed by atoms with Crippen molar-refractivity contribution >= 4 is 41.0 Å². The van der Waals surface area contributed by atoms with Crippen molar-refractivity contribution in [2.75, 3.05) is 19.8 Å². The Kier molecular flexibility index (Phi) is 3.82. The third-order valence-electron chi connectivity index (χ3n) is 4.57. The van der Waals surface area contributed by atoms with Gasteiger partial charge in [0, 0.05) is 35.8 Å². The van der Waals surface area contributed by atoms with Crippen molar-refractivity contribution in [3.8, 4) is 0 Å². The van der Waals surface area contributed by atoms with E-state index in [4.69, 9.17) is 27.9 Å². The molecule has 0 saturated carbocycles. The molecule has 1 aromatic rings. The van der Waals surface area contributed by atoms with Gasteiger partial charge < -0.3 is 15.0 Å². The van der Waals surface area contributed by atoms with Crippen LogP contribution in [0.5, 0.6) is 0 Å². The summed E-state index contributed by atoms with van der Waals surface area (Å²) in [5.41, 5.74) is 2.81. The van der Waals surface area contributed by atoms with Crippen LogP contribution in [0.4, 0.5) is 0 Å². The van der Waals surface area contributed by atoms with E-state index in [0.29, 0.717) is 37.0 Å². The molecule has 0 aromatic heterocycles. The van der Waals surface area contributed by atoms with Gasteiger partial charge in [0.1, 0.15) is 0 Å². The third kappa shape index (κ3) is 2.70. The number of carbonyl (C=O) groups excluding carboxylic acids is 1. The number of rotatable bonds is 3. The number of aliphatic imine (C=N–C) groups is 1. The van der Waals surface area contributed by atoms with Gasteiger partial charge in [-0.2, -0.15) is 0 Å². The van der Waals surface area contributed by atoms with Crippen LogP contribution < -0.4 is 5.32 Å². The molecule has 1 fully saturated rings. The number of nitrogens with zero attached hydrogens (tertiary/aromatic N) is 2. The van der Waals surface area contributed by atoms with Gasteiger partial charge in [-0.05, 0) is 11.6 Å². The van der Waals surface area contributed by atoms with Crippen LogP contribution in [-0.4, -0.2) is 42.4 Å². The summed E-state index contributed by atoms with van der Waals surface area (Å²) in [5.74, 6) is 0.0589. The average Bonchev–Trinajstić information content (AvgIpc) is 2.84. The molecule has 24 heavy (non-hydrogen) atoms. The monoisotopic (exact) mass is 365 g/mol. The largest absolute Gasteiger partial charge is 0.380 e. The topological polar surface area (TPSA) is 53.9 Å². The Morgan fingerprint density at radius 1 is 1.46 bits per heavy atom. The molecule has 0 bridgehead atoms. The predicted molar refractivity (Wildman–Crippen MR) is 94.2 cm³/mol. The zero-order chi connectivity index (χ0) is 16.9. The Hall–Kier alpha value is -1.56. The number of benzene rings is 1. The van der Waals surface area contributed by atoms with Crippen molar-refractivity contribution in [3.63, 3.8) is 0 Å². The molecule has 7 heteroatoms. The molecule has 1 atom stereocenters. The van der Waals surface area contributed by atoms with Gasteiger partial charge in [-0.15, -0.1) is 0 Å². The second-order valence-corrected chi connectivity index (χ2v) is 7.64. The molecule has 126 valence electrons. The van der Waals surface area contributed by atoms with Crippen molar-refractivity contribution in [1.29, 1.82) is 0 Å². The number of carbonyl (C=O) groups is 1. The lowest BCUT2D eigenvalue weighted by Gasteiger charge is -2.40. The molecule has 0 spiro atoms. The van der Waals surface area contributed by atoms with E-state index in [1.54, 1.807) is 0 Å². The minimum Gasteiger partial charge on any atom is -0.380 e. The lowest BCUT2D eigenvalue weighted by molar-refractivity contribution is -0.111. The molecule has 3 aliphatic rings. The Bertz CT molecular complexity index is 771. The molecular weight excluding hydrogens is 349 g/mol. The number of hydrogen-bond acceptors (Lipinski definition) is 4. The fraction of sp³-hybridized carbons (Fsp3) is 0.412. The van der Waals surface area contributed by atoms with Crippen LogP contribution in [0.3, 0.4) is 0 Å². The van der Waals surface area contributed by atoms with Crippen molar-refractivity contribution in [2.24, 2.45) is 10.4 Å². The van der Waals surface area contributed by atoms with E-state index >= 15 is 0 Å². The van der Waals surface area contributed by atoms with Gasteiger partial charge in [-0.3, -0.25) is 9.79 Å². The number of allylic oxidation sites excluding steroid dienone is 1. The van der Waals surface area contributed by atoms with Crippen LogP contribution >= 0.6 is 23.2 Å². The summed E-state index contributed by atoms with van der Waals surface area (Å²) in [7, 11) is 0. The van der Waals surface area contributed by atoms with Gasteiger partial charge in [0.25, 0.3) is 5.91 Å². The predicted octanol–water partition coefficient (Wildman–Crippen LogP) is 2.78. The van der Waals surface area contributed by atoms with Crippen LogP contribution in [-0.2, 0) is 11.3 Å². The highest BCUT2D eigenvalue weighted by Gasteiger charge is 2.39. The van der Waals surface area contributed by atoms with Crippen LogP contribution in [0.25, 0.3) is 5.70 Å². The molecule has 3 heterocycles. The molecule has 0 aliphatic carbocycles. The number of hydrogen-bond donors (Lipinski definition) is 1. The molecule has 1 unspecified atom stereocenters. The standard InChI is InChI=1S/C17H17Cl2N3O2/c1-17(8-24-9-17)7-22-6-11-3-2-10(4-12(11)15(22)23)14-13(18)5-20-16(19)21-14/h2-5,16,21H,6-9H2,1H3. The van der Waals surface area contributed by atoms with Crippen LogP contribution in [0.1, 0.15) is 28.4 Å². The molecule has 1 saturated heterocycles. The molecular formula is C17H17Cl2N3O2. The molecule has 1 aromatic carbocycles. The minimum atomic E-state index is -0.554. The van der Waals surface area contributed by atoms with Crippen LogP contribution in [0.2, 0.25) is 0 Å². The number of amides is 1. The second kappa shape index (κ2) is 5.76. The van der Waals surface area contributed by atoms with Gasteiger partial charge in [0.15, 0.2) is 5.62 Å². The summed E-state index contributed by atoms with van der Waals surface area (Å²) in [4.78, 5) is 18.6. The van der Waals surface area contributed by atoms with E-state index < -0.39 is 5.62 Å². The fourth-order valence-electron chi connectivity index (χ4n) is 3.29. The van der Waals surface area contributed by atoms with Crippen LogP contribution in [0, 0.1) is 5.41 Å². The third-order valence-corrected chi connectivity index (χ3v) is 5.08. The van der Waals surface area contributed by atoms with Crippen LogP contribution in [0.15, 0.2) is 28.2 Å². The summed E-state index contributed by atoms with van der Waals surface area (Å²) in [6.07, 6.45) is 1.53. The first-order valence-electron chi connectivity index (χ1n) is 7.79. The average molecular weight is 366 g/mol. The van der Waals surface area contributed by atoms with Crippen molar-refractivity contribution in [3.05, 3.63) is 39.9 Å². The lowest BCUT2D eigenvalue weighted by atomic mass is 9.88. The van der Waals surface area contributed by atoms with Crippen molar-refractivity contribution in [1.82, 2.24) is 10.2 Å². The number of nitrogens with one attached hydrogen (secondary N) is 1. The number of halogens is 2. The molecule has 1 amide bonds. The van der Waals surface area contributed by atoms with Crippen molar-refractivity contribution in [2.45, 2.75) is 19.1 Å². The quantitative estimate of drug-likeness (QED) is 0.661. The van der Waals surface area contributed by atoms with Crippen molar-refractivity contribution < 1.29 is 9.53 Å². The maximum Gasteiger partial charge on any atom is 0.254 e. The van der Waals surface area contributed by atoms with Gasteiger partial charge >= 0.3 is 0 Å². The number of fused-ring (bicyclic) bond motifs is 1. The maximum atomic E-state index is 12.8. The Labute approximate surface area is 150 Å². The van der Waals surface area contributed by atoms with Gasteiger partial charge in [0.05, 0.1) is 23.9 Å². The van der Waals surface area contributed by atoms with Gasteiger partial charge in [-0.1, -0.05) is 42.3 Å². The normalized spacial score (nSPS) is 24.7. The molecule has 5 nitrogen and oxygen atoms in total. The highest BCUT2D eigenvalue weighted by Crippen LogP contribution is 2.33. The van der Waals surface area contributed by atoms with E-state index in [9.17, 15) is 4.79 Å². The highest BCUT2D eigenvalue weighted by atomic mass is 35.5. The molecule has 0 radical (unpaired) electrons. The first-order valence-corrected chi connectivity index (χ1v) is 8.61. The van der Waals surface area contributed by atoms with E-state index in [2.05, 4.69) is 17.2 Å². The van der Waals surface area contributed by atoms with E-state index in [-0.39, 0.29) is 11.3 Å². The lowest BCUT2D eigenvalue weighted by Crippen LogP contribution is -2.48. The number of alkyl halides is 1. The SMILES string of the molecule is CC1(CN2Cc3ccc(C4=C(Cl)C=NC(Cl)N4)cc3C2=O)COC1. The number of ether oxygens (including phenoxy) is 1. The van der Waals surface area contributed by atoms with Gasteiger partial charge in [-0.25, -0.2) is 0 Å². The first-order chi connectivity index (χ1) is 11.5. The highest BCUT2D eigenvalue weighted by molar-refractivity contribution is 6.43. The zero-order valence-electron chi connectivity index (χ0n) is 13.2. The molecule has 3 aliphatic heterocycles. The maximum absolute atomic E-state index is 12.8. The minimum absolute atomic E-state index is 0.0589. The summed E-state index contributed by atoms with van der Waals surface area (Å²) < 4.78 is 5.29. The Balaban J connectivity index is 1.61. The summed E-state index contributed by atoms with van der Waals surface area (Å²) in [5, 5.41) is 3.51. The summed E-state index contributed by atoms with van der Waals surface area (Å²) in [6.45, 7) is 4.93. The second-order valence-electron chi connectivity index (χ2n) is 6.82. The Morgan fingerprint density at radius 2 is 2.25 bits per heavy atom. The zero-order valence-corrected chi connectivity index (χ0v) is 14.7. The van der Waals surface area contributed by atoms with Gasteiger partial charge in [0.2, 0.25) is 0 Å². The first kappa shape index (κ1) is 15.9. The Morgan fingerprint density at radius 3 is 2.96 bits per heavy atom. The molecule has 1 N–H and O–H groups in total. The van der Waals surface area contributed by atoms with E-state index in [1.807, 2.05) is 23.1 Å².